The summed E-state index contributed by atoms with van der Waals surface area (Å²) >= 11 is 0. The van der Waals surface area contributed by atoms with Crippen molar-refractivity contribution in [2.24, 2.45) is 0 Å². The molecule has 0 aliphatic heterocycles. The molecule has 1 aromatic carbocycles. The molecule has 0 amide bonds. The number of H-pyrrole nitrogens is 1. The zero-order valence-corrected chi connectivity index (χ0v) is 7.78. The molecule has 0 spiro atoms. The van der Waals surface area contributed by atoms with Gasteiger partial charge in [0.2, 0.25) is 5.95 Å². The standard InChI is InChI=1S/C10H11N3O/c1-7-8(3-2-4-9(7)14)13-10-11-5-6-12-10/h2-6,14H,1H3,(H2,11,12,13). The number of rotatable bonds is 2. The van der Waals surface area contributed by atoms with E-state index in [-0.39, 0.29) is 5.75 Å². The van der Waals surface area contributed by atoms with Crippen LogP contribution in [0.5, 0.6) is 5.75 Å². The van der Waals surface area contributed by atoms with Gasteiger partial charge >= 0.3 is 0 Å². The fourth-order valence-electron chi connectivity index (χ4n) is 1.22. The molecule has 0 aliphatic carbocycles. The normalized spacial score (nSPS) is 10.1. The summed E-state index contributed by atoms with van der Waals surface area (Å²) in [5.41, 5.74) is 1.66. The third-order valence-electron chi connectivity index (χ3n) is 2.06. The van der Waals surface area contributed by atoms with E-state index in [0.717, 1.165) is 11.3 Å². The first kappa shape index (κ1) is 8.62. The fraction of sp³-hybridized carbons (Fsp3) is 0.100. The molecule has 0 saturated carbocycles. The topological polar surface area (TPSA) is 60.9 Å². The molecular formula is C10H11N3O. The molecule has 1 heterocycles. The van der Waals surface area contributed by atoms with Crippen molar-refractivity contribution in [3.63, 3.8) is 0 Å². The maximum atomic E-state index is 9.46. The van der Waals surface area contributed by atoms with Crippen LogP contribution in [0.25, 0.3) is 0 Å². The number of phenols is 1. The zero-order chi connectivity index (χ0) is 9.97. The Morgan fingerprint density at radius 1 is 1.43 bits per heavy atom. The number of nitrogens with one attached hydrogen (secondary N) is 2. The molecule has 0 fully saturated rings. The molecule has 0 unspecified atom stereocenters. The van der Waals surface area contributed by atoms with Gasteiger partial charge in [0.15, 0.2) is 0 Å². The van der Waals surface area contributed by atoms with Gasteiger partial charge in [-0.2, -0.15) is 0 Å². The number of imidazole rings is 1. The minimum absolute atomic E-state index is 0.279. The van der Waals surface area contributed by atoms with Gasteiger partial charge in [-0.3, -0.25) is 0 Å². The molecule has 0 aliphatic rings. The largest absolute Gasteiger partial charge is 0.508 e. The average Bonchev–Trinajstić information content (AvgIpc) is 2.66. The smallest absolute Gasteiger partial charge is 0.204 e. The van der Waals surface area contributed by atoms with E-state index in [4.69, 9.17) is 0 Å². The molecule has 0 atom stereocenters. The third-order valence-corrected chi connectivity index (χ3v) is 2.06. The number of phenolic OH excluding ortho intramolecular Hbond substituents is 1. The summed E-state index contributed by atoms with van der Waals surface area (Å²) in [5.74, 6) is 0.945. The molecule has 1 aromatic heterocycles. The van der Waals surface area contributed by atoms with E-state index in [1.807, 2.05) is 13.0 Å². The van der Waals surface area contributed by atoms with Crippen LogP contribution in [0.4, 0.5) is 11.6 Å². The van der Waals surface area contributed by atoms with Crippen LogP contribution in [0.15, 0.2) is 30.6 Å². The zero-order valence-electron chi connectivity index (χ0n) is 7.78. The highest BCUT2D eigenvalue weighted by molar-refractivity contribution is 5.61. The average molecular weight is 189 g/mol. The summed E-state index contributed by atoms with van der Waals surface area (Å²) in [4.78, 5) is 6.96. The predicted molar refractivity (Wildman–Crippen MR) is 54.7 cm³/mol. The number of benzene rings is 1. The Morgan fingerprint density at radius 3 is 3.00 bits per heavy atom. The Kier molecular flexibility index (Phi) is 2.10. The Bertz CT molecular complexity index is 423. The highest BCUT2D eigenvalue weighted by atomic mass is 16.3. The summed E-state index contributed by atoms with van der Waals surface area (Å²) in [5, 5.41) is 12.5. The van der Waals surface area contributed by atoms with Crippen molar-refractivity contribution in [1.29, 1.82) is 0 Å². The lowest BCUT2D eigenvalue weighted by molar-refractivity contribution is 0.471. The van der Waals surface area contributed by atoms with Crippen molar-refractivity contribution < 1.29 is 5.11 Å². The quantitative estimate of drug-likeness (QED) is 0.678. The second-order valence-electron chi connectivity index (χ2n) is 3.01. The van der Waals surface area contributed by atoms with Crippen molar-refractivity contribution in [3.8, 4) is 5.75 Å². The molecule has 4 nitrogen and oxygen atoms in total. The van der Waals surface area contributed by atoms with Gasteiger partial charge in [-0.1, -0.05) is 6.07 Å². The molecule has 2 aromatic rings. The fourth-order valence-corrected chi connectivity index (χ4v) is 1.22. The van der Waals surface area contributed by atoms with E-state index in [9.17, 15) is 5.11 Å². The first-order valence-corrected chi connectivity index (χ1v) is 4.32. The van der Waals surface area contributed by atoms with Crippen molar-refractivity contribution in [1.82, 2.24) is 9.97 Å². The van der Waals surface area contributed by atoms with Gasteiger partial charge < -0.3 is 15.4 Å². The summed E-state index contributed by atoms with van der Waals surface area (Å²) in [7, 11) is 0. The van der Waals surface area contributed by atoms with Crippen molar-refractivity contribution in [2.75, 3.05) is 5.32 Å². The van der Waals surface area contributed by atoms with E-state index in [1.165, 1.54) is 0 Å². The second-order valence-corrected chi connectivity index (χ2v) is 3.01. The lowest BCUT2D eigenvalue weighted by Gasteiger charge is -2.07. The van der Waals surface area contributed by atoms with E-state index < -0.39 is 0 Å². The predicted octanol–water partition coefficient (Wildman–Crippen LogP) is 2.17. The van der Waals surface area contributed by atoms with Crippen LogP contribution in [0.2, 0.25) is 0 Å². The molecule has 72 valence electrons. The van der Waals surface area contributed by atoms with Crippen LogP contribution in [0, 0.1) is 6.92 Å². The Balaban J connectivity index is 2.29. The minimum atomic E-state index is 0.279. The molecule has 0 radical (unpaired) electrons. The number of hydrogen-bond acceptors (Lipinski definition) is 3. The summed E-state index contributed by atoms with van der Waals surface area (Å²) < 4.78 is 0. The first-order valence-electron chi connectivity index (χ1n) is 4.32. The van der Waals surface area contributed by atoms with E-state index in [1.54, 1.807) is 24.5 Å². The van der Waals surface area contributed by atoms with Crippen LogP contribution in [0.1, 0.15) is 5.56 Å². The van der Waals surface area contributed by atoms with Gasteiger partial charge in [0.1, 0.15) is 5.75 Å². The minimum Gasteiger partial charge on any atom is -0.508 e. The molecule has 0 saturated heterocycles. The maximum Gasteiger partial charge on any atom is 0.204 e. The number of hydrogen-bond donors (Lipinski definition) is 3. The third kappa shape index (κ3) is 1.54. The molecule has 2 rings (SSSR count). The Labute approximate surface area is 81.6 Å². The van der Waals surface area contributed by atoms with Crippen molar-refractivity contribution >= 4 is 11.6 Å². The van der Waals surface area contributed by atoms with E-state index in [0.29, 0.717) is 5.95 Å². The Morgan fingerprint density at radius 2 is 2.29 bits per heavy atom. The number of aromatic hydroxyl groups is 1. The lowest BCUT2D eigenvalue weighted by Crippen LogP contribution is -1.94. The monoisotopic (exact) mass is 189 g/mol. The van der Waals surface area contributed by atoms with Gasteiger partial charge in [0.05, 0.1) is 0 Å². The summed E-state index contributed by atoms with van der Waals surface area (Å²) in [6.45, 7) is 1.85. The van der Waals surface area contributed by atoms with E-state index in [2.05, 4.69) is 15.3 Å². The number of anilines is 2. The number of aromatic amines is 1. The second kappa shape index (κ2) is 3.41. The van der Waals surface area contributed by atoms with Crippen LogP contribution in [0.3, 0.4) is 0 Å². The molecular weight excluding hydrogens is 178 g/mol. The van der Waals surface area contributed by atoms with Gasteiger partial charge in [0, 0.05) is 23.6 Å². The maximum absolute atomic E-state index is 9.46. The van der Waals surface area contributed by atoms with Gasteiger partial charge in [-0.25, -0.2) is 4.98 Å². The van der Waals surface area contributed by atoms with E-state index >= 15 is 0 Å². The molecule has 14 heavy (non-hydrogen) atoms. The molecule has 3 N–H and O–H groups in total. The highest BCUT2D eigenvalue weighted by Crippen LogP contribution is 2.25. The lowest BCUT2D eigenvalue weighted by atomic mass is 10.2. The van der Waals surface area contributed by atoms with Crippen LogP contribution in [-0.2, 0) is 0 Å². The SMILES string of the molecule is Cc1c(O)cccc1Nc1ncc[nH]1. The van der Waals surface area contributed by atoms with Crippen LogP contribution < -0.4 is 5.32 Å². The van der Waals surface area contributed by atoms with Crippen LogP contribution in [-0.4, -0.2) is 15.1 Å². The highest BCUT2D eigenvalue weighted by Gasteiger charge is 2.02. The number of aromatic nitrogens is 2. The van der Waals surface area contributed by atoms with Crippen LogP contribution >= 0.6 is 0 Å². The molecule has 0 bridgehead atoms. The number of nitrogens with zero attached hydrogens (tertiary/aromatic N) is 1. The van der Waals surface area contributed by atoms with Gasteiger partial charge in [0.25, 0.3) is 0 Å². The Hall–Kier alpha value is -1.97. The van der Waals surface area contributed by atoms with Gasteiger partial charge in [-0.05, 0) is 19.1 Å². The first-order chi connectivity index (χ1) is 6.77. The van der Waals surface area contributed by atoms with Crippen molar-refractivity contribution in [3.05, 3.63) is 36.2 Å². The van der Waals surface area contributed by atoms with Gasteiger partial charge in [-0.15, -0.1) is 0 Å². The summed E-state index contributed by atoms with van der Waals surface area (Å²) in [6, 6.07) is 5.33. The summed E-state index contributed by atoms with van der Waals surface area (Å²) in [6.07, 6.45) is 3.40. The molecule has 4 heteroatoms. The van der Waals surface area contributed by atoms with Crippen molar-refractivity contribution in [2.45, 2.75) is 6.92 Å².